The summed E-state index contributed by atoms with van der Waals surface area (Å²) in [5, 5.41) is 14.9. The molecule has 0 spiro atoms. The highest BCUT2D eigenvalue weighted by molar-refractivity contribution is 7.12. The highest BCUT2D eigenvalue weighted by atomic mass is 32.1. The van der Waals surface area contributed by atoms with E-state index in [4.69, 9.17) is 5.11 Å². The van der Waals surface area contributed by atoms with Crippen molar-refractivity contribution in [3.63, 3.8) is 0 Å². The minimum atomic E-state index is -0.222. The molecule has 2 rings (SSSR count). The number of hydrogen-bond acceptors (Lipinski definition) is 5. The molecule has 2 aromatic heterocycles. The van der Waals surface area contributed by atoms with E-state index in [0.717, 1.165) is 11.3 Å². The van der Waals surface area contributed by atoms with E-state index in [2.05, 4.69) is 22.1 Å². The molecule has 0 aliphatic heterocycles. The average molecular weight is 308 g/mol. The summed E-state index contributed by atoms with van der Waals surface area (Å²) in [6.45, 7) is 0.281. The molecule has 0 aliphatic carbocycles. The van der Waals surface area contributed by atoms with E-state index in [1.165, 1.54) is 11.3 Å². The summed E-state index contributed by atoms with van der Waals surface area (Å²) in [6.07, 6.45) is 0.382. The molecule has 0 atom stereocenters. The van der Waals surface area contributed by atoms with Gasteiger partial charge in [-0.25, -0.2) is 0 Å². The number of carbonyl (C=O) groups is 1. The second kappa shape index (κ2) is 7.05. The van der Waals surface area contributed by atoms with Gasteiger partial charge in [0.1, 0.15) is 4.88 Å². The van der Waals surface area contributed by atoms with E-state index in [1.54, 1.807) is 16.8 Å². The van der Waals surface area contributed by atoms with Crippen LogP contribution in [0.5, 0.6) is 0 Å². The van der Waals surface area contributed by atoms with Gasteiger partial charge in [-0.1, -0.05) is 23.2 Å². The van der Waals surface area contributed by atoms with Gasteiger partial charge in [-0.05, 0) is 11.4 Å². The van der Waals surface area contributed by atoms with Gasteiger partial charge in [0.15, 0.2) is 0 Å². The molecule has 0 fully saturated rings. The molecule has 3 N–H and O–H groups in total. The first kappa shape index (κ1) is 14.5. The van der Waals surface area contributed by atoms with Gasteiger partial charge in [0, 0.05) is 23.1 Å². The van der Waals surface area contributed by atoms with Gasteiger partial charge in [-0.15, -0.1) is 11.3 Å². The molecule has 2 heterocycles. The van der Waals surface area contributed by atoms with E-state index in [9.17, 15) is 9.59 Å². The maximum absolute atomic E-state index is 12.0. The van der Waals surface area contributed by atoms with Crippen molar-refractivity contribution in [3.05, 3.63) is 42.6 Å². The fraction of sp³-hybridized carbons (Fsp3) is 0.231. The normalized spacial score (nSPS) is 9.85. The number of thiophene rings is 1. The van der Waals surface area contributed by atoms with Crippen molar-refractivity contribution < 1.29 is 9.90 Å². The SMILES string of the molecule is O=C(NCc1csc(=O)[nH]1)c1sccc1C#CCCO. The van der Waals surface area contributed by atoms with Gasteiger partial charge in [0.2, 0.25) is 0 Å². The zero-order valence-corrected chi connectivity index (χ0v) is 12.1. The molecule has 104 valence electrons. The van der Waals surface area contributed by atoms with Crippen LogP contribution in [-0.4, -0.2) is 22.6 Å². The number of nitrogens with one attached hydrogen (secondary N) is 2. The summed E-state index contributed by atoms with van der Waals surface area (Å²) in [5.74, 6) is 5.43. The van der Waals surface area contributed by atoms with E-state index in [1.807, 2.05) is 0 Å². The van der Waals surface area contributed by atoms with E-state index < -0.39 is 0 Å². The average Bonchev–Trinajstić information content (AvgIpc) is 3.05. The Kier molecular flexibility index (Phi) is 5.12. The lowest BCUT2D eigenvalue weighted by molar-refractivity contribution is 0.0954. The number of H-pyrrole nitrogens is 1. The second-order valence-electron chi connectivity index (χ2n) is 3.79. The standard InChI is InChI=1S/C13H12N2O3S2/c16-5-2-1-3-9-4-6-19-11(9)12(17)14-7-10-8-20-13(18)15-10/h4,6,8,16H,2,5,7H2,(H,14,17)(H,15,18). The smallest absolute Gasteiger partial charge is 0.304 e. The molecule has 0 unspecified atom stereocenters. The monoisotopic (exact) mass is 308 g/mol. The maximum atomic E-state index is 12.0. The van der Waals surface area contributed by atoms with Crippen LogP contribution in [0.15, 0.2) is 21.6 Å². The Labute approximate surface area is 123 Å². The van der Waals surface area contributed by atoms with Crippen LogP contribution >= 0.6 is 22.7 Å². The Morgan fingerprint density at radius 1 is 1.45 bits per heavy atom. The molecule has 0 aliphatic rings. The lowest BCUT2D eigenvalue weighted by Crippen LogP contribution is -2.23. The molecule has 0 saturated heterocycles. The zero-order valence-electron chi connectivity index (χ0n) is 10.4. The van der Waals surface area contributed by atoms with Crippen molar-refractivity contribution in [2.24, 2.45) is 0 Å². The predicted molar refractivity (Wildman–Crippen MR) is 79.0 cm³/mol. The highest BCUT2D eigenvalue weighted by Crippen LogP contribution is 2.15. The molecular weight excluding hydrogens is 296 g/mol. The number of aromatic nitrogens is 1. The first-order chi connectivity index (χ1) is 9.70. The number of rotatable bonds is 4. The van der Waals surface area contributed by atoms with Crippen LogP contribution in [0.2, 0.25) is 0 Å². The molecule has 2 aromatic rings. The Morgan fingerprint density at radius 2 is 2.30 bits per heavy atom. The Hall–Kier alpha value is -1.88. The van der Waals surface area contributed by atoms with Gasteiger partial charge in [0.05, 0.1) is 13.2 Å². The van der Waals surface area contributed by atoms with E-state index in [-0.39, 0.29) is 23.9 Å². The molecule has 0 saturated carbocycles. The van der Waals surface area contributed by atoms with Crippen LogP contribution in [0.3, 0.4) is 0 Å². The van der Waals surface area contributed by atoms with Gasteiger partial charge >= 0.3 is 4.87 Å². The van der Waals surface area contributed by atoms with Crippen LogP contribution in [0.4, 0.5) is 0 Å². The predicted octanol–water partition coefficient (Wildman–Crippen LogP) is 1.16. The second-order valence-corrected chi connectivity index (χ2v) is 5.55. The van der Waals surface area contributed by atoms with Gasteiger partial charge in [-0.3, -0.25) is 9.59 Å². The number of aromatic amines is 1. The third-order valence-corrected chi connectivity index (χ3v) is 3.97. The van der Waals surface area contributed by atoms with Crippen molar-refractivity contribution >= 4 is 28.6 Å². The molecule has 0 bridgehead atoms. The highest BCUT2D eigenvalue weighted by Gasteiger charge is 2.11. The van der Waals surface area contributed by atoms with Crippen molar-refractivity contribution in [1.82, 2.24) is 10.3 Å². The summed E-state index contributed by atoms with van der Waals surface area (Å²) >= 11 is 2.37. The number of thiazole rings is 1. The summed E-state index contributed by atoms with van der Waals surface area (Å²) in [4.78, 5) is 26.0. The van der Waals surface area contributed by atoms with Gasteiger partial charge in [-0.2, -0.15) is 0 Å². The van der Waals surface area contributed by atoms with Crippen LogP contribution in [0.25, 0.3) is 0 Å². The summed E-state index contributed by atoms with van der Waals surface area (Å²) in [6, 6.07) is 1.77. The molecule has 0 radical (unpaired) electrons. The summed E-state index contributed by atoms with van der Waals surface area (Å²) in [5.41, 5.74) is 1.33. The minimum absolute atomic E-state index is 0.00415. The fourth-order valence-corrected chi connectivity index (χ4v) is 2.80. The summed E-state index contributed by atoms with van der Waals surface area (Å²) < 4.78 is 0. The summed E-state index contributed by atoms with van der Waals surface area (Å²) in [7, 11) is 0. The fourth-order valence-electron chi connectivity index (χ4n) is 1.45. The molecule has 5 nitrogen and oxygen atoms in total. The third-order valence-electron chi connectivity index (χ3n) is 2.34. The quantitative estimate of drug-likeness (QED) is 0.741. The molecule has 20 heavy (non-hydrogen) atoms. The number of carbonyl (C=O) groups excluding carboxylic acids is 1. The van der Waals surface area contributed by atoms with Crippen LogP contribution in [0.1, 0.15) is 27.3 Å². The van der Waals surface area contributed by atoms with Gasteiger partial charge in [0.25, 0.3) is 5.91 Å². The molecular formula is C13H12N2O3S2. The van der Waals surface area contributed by atoms with Crippen LogP contribution in [-0.2, 0) is 6.54 Å². The topological polar surface area (TPSA) is 82.2 Å². The molecule has 0 aromatic carbocycles. The van der Waals surface area contributed by atoms with Crippen molar-refractivity contribution in [2.75, 3.05) is 6.61 Å². The van der Waals surface area contributed by atoms with Crippen LogP contribution < -0.4 is 10.2 Å². The first-order valence-corrected chi connectivity index (χ1v) is 7.58. The Balaban J connectivity index is 2.01. The van der Waals surface area contributed by atoms with Gasteiger partial charge < -0.3 is 15.4 Å². The lowest BCUT2D eigenvalue weighted by Gasteiger charge is -2.01. The molecule has 7 heteroatoms. The Morgan fingerprint density at radius 3 is 3.00 bits per heavy atom. The maximum Gasteiger partial charge on any atom is 0.304 e. The number of aliphatic hydroxyl groups is 1. The van der Waals surface area contributed by atoms with E-state index in [0.29, 0.717) is 22.6 Å². The third kappa shape index (κ3) is 3.81. The van der Waals surface area contributed by atoms with Crippen molar-refractivity contribution in [1.29, 1.82) is 0 Å². The number of hydrogen-bond donors (Lipinski definition) is 3. The molecule has 1 amide bonds. The van der Waals surface area contributed by atoms with Crippen LogP contribution in [0, 0.1) is 11.8 Å². The van der Waals surface area contributed by atoms with Crippen molar-refractivity contribution in [2.45, 2.75) is 13.0 Å². The van der Waals surface area contributed by atoms with E-state index >= 15 is 0 Å². The number of amides is 1. The lowest BCUT2D eigenvalue weighted by atomic mass is 10.2. The largest absolute Gasteiger partial charge is 0.395 e. The first-order valence-electron chi connectivity index (χ1n) is 5.83. The Bertz CT molecular complexity index is 703. The van der Waals surface area contributed by atoms with Crippen molar-refractivity contribution in [3.8, 4) is 11.8 Å². The zero-order chi connectivity index (χ0) is 14.4. The number of aliphatic hydroxyl groups excluding tert-OH is 1. The minimum Gasteiger partial charge on any atom is -0.395 e.